The second kappa shape index (κ2) is 5.16. The summed E-state index contributed by atoms with van der Waals surface area (Å²) >= 11 is 0. The number of carbonyl (C=O) groups is 1. The van der Waals surface area contributed by atoms with Crippen LogP contribution in [0.3, 0.4) is 0 Å². The van der Waals surface area contributed by atoms with Crippen molar-refractivity contribution in [1.29, 1.82) is 0 Å². The molecule has 1 N–H and O–H groups in total. The van der Waals surface area contributed by atoms with E-state index < -0.39 is 0 Å². The van der Waals surface area contributed by atoms with Crippen LogP contribution in [0, 0.1) is 0 Å². The minimum absolute atomic E-state index is 0.348. The average Bonchev–Trinajstić information content (AvgIpc) is 2.40. The fourth-order valence-corrected chi connectivity index (χ4v) is 1.46. The Kier molecular flexibility index (Phi) is 3.40. The number of benzene rings is 2. The number of hydrogen-bond acceptors (Lipinski definition) is 3. The van der Waals surface area contributed by atoms with Crippen molar-refractivity contribution in [3.63, 3.8) is 0 Å². The SMILES string of the molecule is CNc1cccc(OC(=O)c2ccccc2)c1. The Morgan fingerprint density at radius 2 is 1.82 bits per heavy atom. The maximum Gasteiger partial charge on any atom is 0.343 e. The van der Waals surface area contributed by atoms with E-state index in [2.05, 4.69) is 5.32 Å². The first kappa shape index (κ1) is 11.2. The van der Waals surface area contributed by atoms with Crippen LogP contribution < -0.4 is 10.1 Å². The quantitative estimate of drug-likeness (QED) is 0.647. The topological polar surface area (TPSA) is 38.3 Å². The minimum Gasteiger partial charge on any atom is -0.423 e. The van der Waals surface area contributed by atoms with Gasteiger partial charge in [-0.05, 0) is 24.3 Å². The summed E-state index contributed by atoms with van der Waals surface area (Å²) in [7, 11) is 1.82. The molecule has 0 amide bonds. The lowest BCUT2D eigenvalue weighted by molar-refractivity contribution is 0.0735. The molecule has 2 aromatic rings. The molecule has 2 aromatic carbocycles. The summed E-state index contributed by atoms with van der Waals surface area (Å²) < 4.78 is 5.26. The maximum atomic E-state index is 11.8. The van der Waals surface area contributed by atoms with Gasteiger partial charge < -0.3 is 10.1 Å². The van der Waals surface area contributed by atoms with E-state index in [9.17, 15) is 4.79 Å². The summed E-state index contributed by atoms with van der Waals surface area (Å²) in [5.41, 5.74) is 1.45. The monoisotopic (exact) mass is 227 g/mol. The number of anilines is 1. The molecule has 0 spiro atoms. The summed E-state index contributed by atoms with van der Waals surface area (Å²) in [6.07, 6.45) is 0. The molecule has 0 bridgehead atoms. The van der Waals surface area contributed by atoms with Gasteiger partial charge in [0.15, 0.2) is 0 Å². The number of ether oxygens (including phenoxy) is 1. The van der Waals surface area contributed by atoms with Crippen molar-refractivity contribution < 1.29 is 9.53 Å². The van der Waals surface area contributed by atoms with Gasteiger partial charge in [0.25, 0.3) is 0 Å². The van der Waals surface area contributed by atoms with E-state index in [0.29, 0.717) is 11.3 Å². The van der Waals surface area contributed by atoms with E-state index in [4.69, 9.17) is 4.74 Å². The third-order valence-corrected chi connectivity index (χ3v) is 2.34. The van der Waals surface area contributed by atoms with Crippen LogP contribution in [0.1, 0.15) is 10.4 Å². The minimum atomic E-state index is -0.348. The van der Waals surface area contributed by atoms with E-state index in [1.54, 1.807) is 36.4 Å². The van der Waals surface area contributed by atoms with Crippen LogP contribution >= 0.6 is 0 Å². The lowest BCUT2D eigenvalue weighted by atomic mass is 10.2. The van der Waals surface area contributed by atoms with Crippen LogP contribution in [0.15, 0.2) is 54.6 Å². The maximum absolute atomic E-state index is 11.8. The van der Waals surface area contributed by atoms with Crippen LogP contribution in [-0.4, -0.2) is 13.0 Å². The fourth-order valence-electron chi connectivity index (χ4n) is 1.46. The standard InChI is InChI=1S/C14H13NO2/c1-15-12-8-5-9-13(10-12)17-14(16)11-6-3-2-4-7-11/h2-10,15H,1H3. The van der Waals surface area contributed by atoms with E-state index in [-0.39, 0.29) is 5.97 Å². The number of hydrogen-bond donors (Lipinski definition) is 1. The molecule has 0 aromatic heterocycles. The number of carbonyl (C=O) groups excluding carboxylic acids is 1. The van der Waals surface area contributed by atoms with Gasteiger partial charge in [0.1, 0.15) is 5.75 Å². The molecule has 0 radical (unpaired) electrons. The van der Waals surface area contributed by atoms with Gasteiger partial charge in [-0.1, -0.05) is 24.3 Å². The lowest BCUT2D eigenvalue weighted by Gasteiger charge is -2.06. The van der Waals surface area contributed by atoms with Crippen LogP contribution in [-0.2, 0) is 0 Å². The number of esters is 1. The molecule has 0 unspecified atom stereocenters. The Labute approximate surface area is 100 Å². The van der Waals surface area contributed by atoms with Crippen molar-refractivity contribution in [1.82, 2.24) is 0 Å². The third kappa shape index (κ3) is 2.84. The average molecular weight is 227 g/mol. The zero-order valence-electron chi connectivity index (χ0n) is 9.51. The van der Waals surface area contributed by atoms with Crippen molar-refractivity contribution in [2.75, 3.05) is 12.4 Å². The zero-order valence-corrected chi connectivity index (χ0v) is 9.51. The first-order valence-electron chi connectivity index (χ1n) is 5.34. The Morgan fingerprint density at radius 3 is 2.53 bits per heavy atom. The molecule has 0 atom stereocenters. The van der Waals surface area contributed by atoms with Crippen molar-refractivity contribution in [2.45, 2.75) is 0 Å². The van der Waals surface area contributed by atoms with E-state index in [1.807, 2.05) is 25.2 Å². The van der Waals surface area contributed by atoms with Gasteiger partial charge in [-0.3, -0.25) is 0 Å². The van der Waals surface area contributed by atoms with Gasteiger partial charge >= 0.3 is 5.97 Å². The second-order valence-electron chi connectivity index (χ2n) is 3.53. The van der Waals surface area contributed by atoms with Crippen molar-refractivity contribution in [3.8, 4) is 5.75 Å². The summed E-state index contributed by atoms with van der Waals surface area (Å²) in [6, 6.07) is 16.2. The highest BCUT2D eigenvalue weighted by atomic mass is 16.5. The van der Waals surface area contributed by atoms with Gasteiger partial charge in [0.2, 0.25) is 0 Å². The molecule has 17 heavy (non-hydrogen) atoms. The molecule has 86 valence electrons. The van der Waals surface area contributed by atoms with Gasteiger partial charge in [0, 0.05) is 18.8 Å². The van der Waals surface area contributed by atoms with Crippen molar-refractivity contribution >= 4 is 11.7 Å². The summed E-state index contributed by atoms with van der Waals surface area (Å²) in [5, 5.41) is 2.99. The lowest BCUT2D eigenvalue weighted by Crippen LogP contribution is -2.08. The molecule has 3 heteroatoms. The zero-order chi connectivity index (χ0) is 12.1. The highest BCUT2D eigenvalue weighted by Crippen LogP contribution is 2.18. The van der Waals surface area contributed by atoms with Gasteiger partial charge in [-0.15, -0.1) is 0 Å². The van der Waals surface area contributed by atoms with E-state index in [0.717, 1.165) is 5.69 Å². The van der Waals surface area contributed by atoms with Gasteiger partial charge in [0.05, 0.1) is 5.56 Å². The molecular formula is C14H13NO2. The van der Waals surface area contributed by atoms with Crippen LogP contribution in [0.25, 0.3) is 0 Å². The third-order valence-electron chi connectivity index (χ3n) is 2.34. The van der Waals surface area contributed by atoms with Gasteiger partial charge in [-0.25, -0.2) is 4.79 Å². The molecule has 0 aliphatic carbocycles. The van der Waals surface area contributed by atoms with E-state index >= 15 is 0 Å². The molecule has 0 aliphatic heterocycles. The van der Waals surface area contributed by atoms with E-state index in [1.165, 1.54) is 0 Å². The Balaban J connectivity index is 2.13. The predicted octanol–water partition coefficient (Wildman–Crippen LogP) is 2.95. The Hall–Kier alpha value is -2.29. The Morgan fingerprint density at radius 1 is 1.06 bits per heavy atom. The van der Waals surface area contributed by atoms with Gasteiger partial charge in [-0.2, -0.15) is 0 Å². The first-order valence-corrected chi connectivity index (χ1v) is 5.34. The molecule has 2 rings (SSSR count). The molecule has 3 nitrogen and oxygen atoms in total. The fraction of sp³-hybridized carbons (Fsp3) is 0.0714. The molecular weight excluding hydrogens is 214 g/mol. The molecule has 0 saturated carbocycles. The van der Waals surface area contributed by atoms with Crippen LogP contribution in [0.4, 0.5) is 5.69 Å². The van der Waals surface area contributed by atoms with Crippen molar-refractivity contribution in [2.24, 2.45) is 0 Å². The molecule has 0 heterocycles. The number of rotatable bonds is 3. The highest BCUT2D eigenvalue weighted by Gasteiger charge is 2.07. The van der Waals surface area contributed by atoms with Crippen molar-refractivity contribution in [3.05, 3.63) is 60.2 Å². The molecule has 0 saturated heterocycles. The molecule has 0 aliphatic rings. The smallest absolute Gasteiger partial charge is 0.343 e. The first-order chi connectivity index (χ1) is 8.29. The number of nitrogens with one attached hydrogen (secondary N) is 1. The summed E-state index contributed by atoms with van der Waals surface area (Å²) in [6.45, 7) is 0. The largest absolute Gasteiger partial charge is 0.423 e. The normalized spacial score (nSPS) is 9.71. The summed E-state index contributed by atoms with van der Waals surface area (Å²) in [5.74, 6) is 0.185. The molecule has 0 fully saturated rings. The predicted molar refractivity (Wildman–Crippen MR) is 67.4 cm³/mol. The second-order valence-corrected chi connectivity index (χ2v) is 3.53. The summed E-state index contributed by atoms with van der Waals surface area (Å²) in [4.78, 5) is 11.8. The van der Waals surface area contributed by atoms with Crippen LogP contribution in [0.5, 0.6) is 5.75 Å². The Bertz CT molecular complexity index is 509. The highest BCUT2D eigenvalue weighted by molar-refractivity contribution is 5.91. The van der Waals surface area contributed by atoms with Crippen LogP contribution in [0.2, 0.25) is 0 Å².